The number of hydrogen-bond donors (Lipinski definition) is 0. The third-order valence-electron chi connectivity index (χ3n) is 11.4. The van der Waals surface area contributed by atoms with Crippen LogP contribution in [0, 0.1) is 0 Å². The van der Waals surface area contributed by atoms with Crippen LogP contribution >= 0.6 is 0 Å². The van der Waals surface area contributed by atoms with Gasteiger partial charge in [0, 0.05) is 62.3 Å². The number of rotatable bonds is 5. The number of pyridine rings is 1. The lowest BCUT2D eigenvalue weighted by Crippen LogP contribution is -2.09. The largest absolute Gasteiger partial charge is 0.456 e. The molecule has 0 N–H and O–H groups in total. The number of benzene rings is 9. The maximum atomic E-state index is 6.56. The Morgan fingerprint density at radius 1 is 0.316 bits per heavy atom. The van der Waals surface area contributed by atoms with Crippen molar-refractivity contribution in [3.63, 3.8) is 0 Å². The molecule has 0 unspecified atom stereocenters. The molecule has 0 aliphatic rings. The fourth-order valence-electron chi connectivity index (χ4n) is 8.54. The summed E-state index contributed by atoms with van der Waals surface area (Å²) < 4.78 is 13.1. The molecule has 0 aliphatic carbocycles. The van der Waals surface area contributed by atoms with Crippen molar-refractivity contribution in [3.8, 4) is 22.3 Å². The Morgan fingerprint density at radius 3 is 1.32 bits per heavy atom. The minimum atomic E-state index is 0.846. The molecule has 0 radical (unpaired) electrons. The molecule has 12 aromatic rings. The van der Waals surface area contributed by atoms with Crippen molar-refractivity contribution >= 4 is 93.4 Å². The first kappa shape index (κ1) is 31.6. The molecule has 0 atom stereocenters. The normalized spacial score (nSPS) is 11.9. The molecule has 0 saturated heterocycles. The molecule has 0 aliphatic heterocycles. The highest BCUT2D eigenvalue weighted by atomic mass is 16.3. The summed E-state index contributed by atoms with van der Waals surface area (Å²) in [5.74, 6) is 0. The Kier molecular flexibility index (Phi) is 6.89. The molecule has 9 aromatic carbocycles. The highest BCUT2D eigenvalue weighted by Gasteiger charge is 2.18. The summed E-state index contributed by atoms with van der Waals surface area (Å²) in [6.45, 7) is 0. The second kappa shape index (κ2) is 12.4. The molecule has 4 nitrogen and oxygen atoms in total. The van der Waals surface area contributed by atoms with Crippen molar-refractivity contribution in [3.05, 3.63) is 194 Å². The van der Waals surface area contributed by atoms with Gasteiger partial charge in [-0.1, -0.05) is 97.1 Å². The van der Waals surface area contributed by atoms with E-state index in [0.29, 0.717) is 0 Å². The van der Waals surface area contributed by atoms with Crippen LogP contribution in [-0.2, 0) is 0 Å². The first-order valence-corrected chi connectivity index (χ1v) is 19.2. The Bertz CT molecular complexity index is 3370. The van der Waals surface area contributed by atoms with Crippen LogP contribution in [0.5, 0.6) is 0 Å². The van der Waals surface area contributed by atoms with Crippen LogP contribution in [0.4, 0.5) is 17.1 Å². The quantitative estimate of drug-likeness (QED) is 0.177. The van der Waals surface area contributed by atoms with Gasteiger partial charge in [0.1, 0.15) is 22.3 Å². The number of anilines is 3. The fourth-order valence-corrected chi connectivity index (χ4v) is 8.54. The predicted molar refractivity (Wildman–Crippen MR) is 237 cm³/mol. The van der Waals surface area contributed by atoms with E-state index in [2.05, 4.69) is 192 Å². The van der Waals surface area contributed by atoms with E-state index < -0.39 is 0 Å². The van der Waals surface area contributed by atoms with Gasteiger partial charge in [0.2, 0.25) is 0 Å². The van der Waals surface area contributed by atoms with E-state index >= 15 is 0 Å². The minimum Gasteiger partial charge on any atom is -0.456 e. The lowest BCUT2D eigenvalue weighted by atomic mass is 9.99. The highest BCUT2D eigenvalue weighted by Crippen LogP contribution is 2.42. The van der Waals surface area contributed by atoms with Crippen LogP contribution < -0.4 is 4.90 Å². The molecule has 0 saturated carbocycles. The molecule has 4 heteroatoms. The van der Waals surface area contributed by atoms with E-state index in [-0.39, 0.29) is 0 Å². The summed E-state index contributed by atoms with van der Waals surface area (Å²) in [6, 6.07) is 66.8. The van der Waals surface area contributed by atoms with Gasteiger partial charge in [-0.15, -0.1) is 0 Å². The fraction of sp³-hybridized carbons (Fsp3) is 0. The van der Waals surface area contributed by atoms with Crippen molar-refractivity contribution in [2.24, 2.45) is 0 Å². The standard InChI is InChI=1S/C53H32N2O2/c1-3-8-38-29-50-47(27-36(38)6-1)45-22-20-43(31-52(45)56-50)55(44-21-23-46-48-28-37-7-2-4-9-39(37)30-51(48)57-53(46)32-44)42-18-15-34(16-19-42)33-11-13-35(14-12-33)40-17-24-49-41(26-40)10-5-25-54-49/h1-32H. The number of nitrogens with zero attached hydrogens (tertiary/aromatic N) is 2. The lowest BCUT2D eigenvalue weighted by Gasteiger charge is -2.25. The van der Waals surface area contributed by atoms with Crippen LogP contribution in [0.15, 0.2) is 203 Å². The van der Waals surface area contributed by atoms with E-state index in [1.807, 2.05) is 12.3 Å². The molecule has 3 heterocycles. The predicted octanol–water partition coefficient (Wildman–Crippen LogP) is 15.1. The van der Waals surface area contributed by atoms with Crippen molar-refractivity contribution in [1.82, 2.24) is 4.98 Å². The smallest absolute Gasteiger partial charge is 0.137 e. The minimum absolute atomic E-state index is 0.846. The Balaban J connectivity index is 0.957. The van der Waals surface area contributed by atoms with E-state index in [9.17, 15) is 0 Å². The number of furan rings is 2. The zero-order valence-corrected chi connectivity index (χ0v) is 30.7. The van der Waals surface area contributed by atoms with Crippen LogP contribution in [-0.4, -0.2) is 4.98 Å². The average molecular weight is 729 g/mol. The summed E-state index contributed by atoms with van der Waals surface area (Å²) in [4.78, 5) is 6.76. The van der Waals surface area contributed by atoms with Gasteiger partial charge in [-0.3, -0.25) is 4.98 Å². The second-order valence-electron chi connectivity index (χ2n) is 14.8. The maximum Gasteiger partial charge on any atom is 0.137 e. The van der Waals surface area contributed by atoms with E-state index in [1.54, 1.807) is 0 Å². The third-order valence-corrected chi connectivity index (χ3v) is 11.4. The topological polar surface area (TPSA) is 42.4 Å². The highest BCUT2D eigenvalue weighted by molar-refractivity contribution is 6.12. The summed E-state index contributed by atoms with van der Waals surface area (Å²) >= 11 is 0. The summed E-state index contributed by atoms with van der Waals surface area (Å²) in [5, 5.41) is 10.3. The van der Waals surface area contributed by atoms with Gasteiger partial charge in [-0.2, -0.15) is 0 Å². The first-order valence-electron chi connectivity index (χ1n) is 19.2. The van der Waals surface area contributed by atoms with Crippen molar-refractivity contribution < 1.29 is 8.83 Å². The molecule has 266 valence electrons. The lowest BCUT2D eigenvalue weighted by molar-refractivity contribution is 0.669. The monoisotopic (exact) mass is 728 g/mol. The second-order valence-corrected chi connectivity index (χ2v) is 14.8. The van der Waals surface area contributed by atoms with Gasteiger partial charge in [0.05, 0.1) is 5.52 Å². The van der Waals surface area contributed by atoms with Gasteiger partial charge in [0.25, 0.3) is 0 Å². The molecule has 0 spiro atoms. The van der Waals surface area contributed by atoms with Crippen molar-refractivity contribution in [2.75, 3.05) is 4.90 Å². The van der Waals surface area contributed by atoms with E-state index in [0.717, 1.165) is 83.0 Å². The summed E-state index contributed by atoms with van der Waals surface area (Å²) in [6.07, 6.45) is 1.84. The van der Waals surface area contributed by atoms with Crippen molar-refractivity contribution in [1.29, 1.82) is 0 Å². The van der Waals surface area contributed by atoms with Crippen LogP contribution in [0.1, 0.15) is 0 Å². The van der Waals surface area contributed by atoms with Gasteiger partial charge >= 0.3 is 0 Å². The van der Waals surface area contributed by atoms with Crippen LogP contribution in [0.25, 0.3) is 98.6 Å². The molecule has 0 fully saturated rings. The Morgan fingerprint density at radius 2 is 0.754 bits per heavy atom. The maximum absolute atomic E-state index is 6.56. The SMILES string of the molecule is c1ccc2cc3c(cc2c1)oc1cc(N(c2ccc(-c4ccc(-c5ccc6ncccc6c5)cc4)cc2)c2ccc4c(c2)oc2cc5ccccc5cc24)ccc13. The van der Waals surface area contributed by atoms with E-state index in [4.69, 9.17) is 8.83 Å². The molecule has 0 amide bonds. The number of hydrogen-bond acceptors (Lipinski definition) is 4. The van der Waals surface area contributed by atoms with Gasteiger partial charge in [-0.05, 0) is 123 Å². The van der Waals surface area contributed by atoms with Gasteiger partial charge in [0.15, 0.2) is 0 Å². The zero-order valence-electron chi connectivity index (χ0n) is 30.7. The molecule has 57 heavy (non-hydrogen) atoms. The number of fused-ring (bicyclic) bond motifs is 9. The molecule has 3 aromatic heterocycles. The van der Waals surface area contributed by atoms with Crippen LogP contribution in [0.3, 0.4) is 0 Å². The van der Waals surface area contributed by atoms with Crippen molar-refractivity contribution in [2.45, 2.75) is 0 Å². The van der Waals surface area contributed by atoms with E-state index in [1.165, 1.54) is 32.7 Å². The Hall–Kier alpha value is -7.69. The molecule has 12 rings (SSSR count). The van der Waals surface area contributed by atoms with Gasteiger partial charge in [-0.25, -0.2) is 0 Å². The summed E-state index contributed by atoms with van der Waals surface area (Å²) in [7, 11) is 0. The first-order chi connectivity index (χ1) is 28.2. The van der Waals surface area contributed by atoms with Crippen LogP contribution in [0.2, 0.25) is 0 Å². The zero-order chi connectivity index (χ0) is 37.5. The third kappa shape index (κ3) is 5.26. The number of aromatic nitrogens is 1. The molecular weight excluding hydrogens is 697 g/mol. The Labute approximate surface area is 327 Å². The van der Waals surface area contributed by atoms with Gasteiger partial charge < -0.3 is 13.7 Å². The molecular formula is C53H32N2O2. The molecule has 0 bridgehead atoms. The average Bonchev–Trinajstić information content (AvgIpc) is 3.81. The summed E-state index contributed by atoms with van der Waals surface area (Å²) in [5.41, 5.74) is 12.1.